The van der Waals surface area contributed by atoms with Crippen molar-refractivity contribution in [2.24, 2.45) is 11.8 Å². The standard InChI is InChI=1S/C7H11ClO/c1-5-2-3-6(4-5)7(8)9/h5-6H,2-4H2,1H3. The fourth-order valence-electron chi connectivity index (χ4n) is 1.41. The maximum Gasteiger partial charge on any atom is 0.224 e. The van der Waals surface area contributed by atoms with Crippen LogP contribution >= 0.6 is 11.6 Å². The van der Waals surface area contributed by atoms with Gasteiger partial charge in [0, 0.05) is 5.92 Å². The maximum atomic E-state index is 10.6. The van der Waals surface area contributed by atoms with Crippen LogP contribution in [0.15, 0.2) is 0 Å². The molecule has 0 aromatic carbocycles. The van der Waals surface area contributed by atoms with Crippen LogP contribution in [0, 0.1) is 11.8 Å². The largest absolute Gasteiger partial charge is 0.281 e. The second-order valence-corrected chi connectivity index (χ2v) is 3.29. The molecular weight excluding hydrogens is 136 g/mol. The SMILES string of the molecule is CC1CCC(C(=O)Cl)C1. The lowest BCUT2D eigenvalue weighted by atomic mass is 10.1. The Kier molecular flexibility index (Phi) is 2.12. The van der Waals surface area contributed by atoms with E-state index in [4.69, 9.17) is 11.6 Å². The van der Waals surface area contributed by atoms with Crippen molar-refractivity contribution in [2.75, 3.05) is 0 Å². The number of hydrogen-bond donors (Lipinski definition) is 0. The van der Waals surface area contributed by atoms with Gasteiger partial charge in [-0.05, 0) is 36.8 Å². The highest BCUT2D eigenvalue weighted by Gasteiger charge is 2.25. The topological polar surface area (TPSA) is 17.1 Å². The molecule has 0 aliphatic heterocycles. The predicted octanol–water partition coefficient (Wildman–Crippen LogP) is 2.19. The number of hydrogen-bond acceptors (Lipinski definition) is 1. The first-order valence-corrected chi connectivity index (χ1v) is 3.77. The molecule has 1 fully saturated rings. The normalized spacial score (nSPS) is 34.9. The average molecular weight is 147 g/mol. The molecule has 2 unspecified atom stereocenters. The molecule has 0 amide bonds. The van der Waals surface area contributed by atoms with E-state index in [0.29, 0.717) is 5.92 Å². The highest BCUT2D eigenvalue weighted by molar-refractivity contribution is 6.64. The molecule has 2 heteroatoms. The third-order valence-corrected chi connectivity index (χ3v) is 2.32. The van der Waals surface area contributed by atoms with Crippen LogP contribution in [0.3, 0.4) is 0 Å². The summed E-state index contributed by atoms with van der Waals surface area (Å²) in [7, 11) is 0. The van der Waals surface area contributed by atoms with Crippen LogP contribution in [0.1, 0.15) is 26.2 Å². The third-order valence-electron chi connectivity index (χ3n) is 2.02. The maximum absolute atomic E-state index is 10.6. The molecule has 0 bridgehead atoms. The van der Waals surface area contributed by atoms with Gasteiger partial charge in [0.2, 0.25) is 5.24 Å². The molecule has 0 aromatic rings. The van der Waals surface area contributed by atoms with Crippen molar-refractivity contribution in [1.82, 2.24) is 0 Å². The van der Waals surface area contributed by atoms with Crippen LogP contribution in [0.5, 0.6) is 0 Å². The van der Waals surface area contributed by atoms with Crippen molar-refractivity contribution >= 4 is 16.8 Å². The van der Waals surface area contributed by atoms with E-state index in [-0.39, 0.29) is 11.2 Å². The Morgan fingerprint density at radius 2 is 2.22 bits per heavy atom. The molecule has 0 saturated heterocycles. The lowest BCUT2D eigenvalue weighted by Gasteiger charge is -1.99. The van der Waals surface area contributed by atoms with E-state index >= 15 is 0 Å². The van der Waals surface area contributed by atoms with Crippen LogP contribution in [0.25, 0.3) is 0 Å². The van der Waals surface area contributed by atoms with E-state index in [1.54, 1.807) is 0 Å². The zero-order valence-electron chi connectivity index (χ0n) is 5.56. The van der Waals surface area contributed by atoms with Crippen LogP contribution in [0.4, 0.5) is 0 Å². The van der Waals surface area contributed by atoms with E-state index in [9.17, 15) is 4.79 Å². The number of rotatable bonds is 1. The molecule has 0 spiro atoms. The molecule has 9 heavy (non-hydrogen) atoms. The monoisotopic (exact) mass is 146 g/mol. The van der Waals surface area contributed by atoms with E-state index < -0.39 is 0 Å². The van der Waals surface area contributed by atoms with Crippen LogP contribution in [-0.4, -0.2) is 5.24 Å². The highest BCUT2D eigenvalue weighted by atomic mass is 35.5. The molecule has 0 radical (unpaired) electrons. The van der Waals surface area contributed by atoms with Gasteiger partial charge in [-0.25, -0.2) is 0 Å². The Bertz CT molecular complexity index is 122. The summed E-state index contributed by atoms with van der Waals surface area (Å²) in [6.07, 6.45) is 3.18. The van der Waals surface area contributed by atoms with Gasteiger partial charge in [-0.3, -0.25) is 4.79 Å². The minimum atomic E-state index is -0.139. The molecule has 52 valence electrons. The molecular formula is C7H11ClO. The first kappa shape index (κ1) is 7.07. The minimum Gasteiger partial charge on any atom is -0.281 e. The summed E-state index contributed by atoms with van der Waals surface area (Å²) in [4.78, 5) is 10.6. The highest BCUT2D eigenvalue weighted by Crippen LogP contribution is 2.31. The van der Waals surface area contributed by atoms with E-state index in [0.717, 1.165) is 12.8 Å². The molecule has 1 nitrogen and oxygen atoms in total. The van der Waals surface area contributed by atoms with Crippen molar-refractivity contribution in [1.29, 1.82) is 0 Å². The second-order valence-electron chi connectivity index (χ2n) is 2.92. The van der Waals surface area contributed by atoms with E-state index in [2.05, 4.69) is 6.92 Å². The van der Waals surface area contributed by atoms with Gasteiger partial charge >= 0.3 is 0 Å². The average Bonchev–Trinajstić information content (AvgIpc) is 2.14. The number of halogens is 1. The van der Waals surface area contributed by atoms with Crippen molar-refractivity contribution < 1.29 is 4.79 Å². The Morgan fingerprint density at radius 1 is 1.56 bits per heavy atom. The van der Waals surface area contributed by atoms with Gasteiger partial charge in [0.05, 0.1) is 0 Å². The van der Waals surface area contributed by atoms with Gasteiger partial charge in [0.15, 0.2) is 0 Å². The Balaban J connectivity index is 2.39. The minimum absolute atomic E-state index is 0.139. The summed E-state index contributed by atoms with van der Waals surface area (Å²) in [6, 6.07) is 0. The fourth-order valence-corrected chi connectivity index (χ4v) is 1.61. The van der Waals surface area contributed by atoms with Gasteiger partial charge < -0.3 is 0 Å². The zero-order valence-corrected chi connectivity index (χ0v) is 6.32. The summed E-state index contributed by atoms with van der Waals surface area (Å²) in [6.45, 7) is 2.17. The summed E-state index contributed by atoms with van der Waals surface area (Å²) in [5, 5.41) is -0.139. The third kappa shape index (κ3) is 1.68. The quantitative estimate of drug-likeness (QED) is 0.519. The van der Waals surface area contributed by atoms with Crippen molar-refractivity contribution in [3.8, 4) is 0 Å². The van der Waals surface area contributed by atoms with Gasteiger partial charge in [-0.1, -0.05) is 6.92 Å². The summed E-state index contributed by atoms with van der Waals surface area (Å²) < 4.78 is 0. The lowest BCUT2D eigenvalue weighted by molar-refractivity contribution is -0.115. The van der Waals surface area contributed by atoms with Crippen LogP contribution < -0.4 is 0 Å². The van der Waals surface area contributed by atoms with Crippen molar-refractivity contribution in [2.45, 2.75) is 26.2 Å². The predicted molar refractivity (Wildman–Crippen MR) is 37.4 cm³/mol. The molecule has 0 heterocycles. The summed E-state index contributed by atoms with van der Waals surface area (Å²) in [5.41, 5.74) is 0. The smallest absolute Gasteiger partial charge is 0.224 e. The lowest BCUT2D eigenvalue weighted by Crippen LogP contribution is -2.02. The fraction of sp³-hybridized carbons (Fsp3) is 0.857. The Hall–Kier alpha value is -0.0400. The second kappa shape index (κ2) is 2.70. The molecule has 0 aromatic heterocycles. The number of carbonyl (C=O) groups is 1. The number of carbonyl (C=O) groups excluding carboxylic acids is 1. The Labute approximate surface area is 60.4 Å². The Morgan fingerprint density at radius 3 is 2.44 bits per heavy atom. The van der Waals surface area contributed by atoms with Gasteiger partial charge in [0.25, 0.3) is 0 Å². The molecule has 1 rings (SSSR count). The molecule has 2 atom stereocenters. The van der Waals surface area contributed by atoms with Crippen LogP contribution in [0.2, 0.25) is 0 Å². The molecule has 1 saturated carbocycles. The van der Waals surface area contributed by atoms with Crippen LogP contribution in [-0.2, 0) is 4.79 Å². The molecule has 0 N–H and O–H groups in total. The van der Waals surface area contributed by atoms with Gasteiger partial charge in [-0.2, -0.15) is 0 Å². The van der Waals surface area contributed by atoms with Crippen molar-refractivity contribution in [3.63, 3.8) is 0 Å². The van der Waals surface area contributed by atoms with Crippen molar-refractivity contribution in [3.05, 3.63) is 0 Å². The van der Waals surface area contributed by atoms with E-state index in [1.165, 1.54) is 6.42 Å². The molecule has 1 aliphatic carbocycles. The summed E-state index contributed by atoms with van der Waals surface area (Å²) >= 11 is 5.31. The van der Waals surface area contributed by atoms with E-state index in [1.807, 2.05) is 0 Å². The first-order valence-electron chi connectivity index (χ1n) is 3.39. The summed E-state index contributed by atoms with van der Waals surface area (Å²) in [5.74, 6) is 0.874. The van der Waals surface area contributed by atoms with Gasteiger partial charge in [0.1, 0.15) is 0 Å². The zero-order chi connectivity index (χ0) is 6.85. The first-order chi connectivity index (χ1) is 4.20. The molecule has 1 aliphatic rings. The van der Waals surface area contributed by atoms with Gasteiger partial charge in [-0.15, -0.1) is 0 Å².